The van der Waals surface area contributed by atoms with Crippen LogP contribution in [0.3, 0.4) is 0 Å². The first-order valence-electron chi connectivity index (χ1n) is 19.0. The Morgan fingerprint density at radius 1 is 0.321 bits per heavy atom. The maximum atomic E-state index is 6.47. The lowest BCUT2D eigenvalue weighted by molar-refractivity contribution is 0.669. The predicted octanol–water partition coefficient (Wildman–Crippen LogP) is 12.8. The molecular formula is C52H31N3O. The van der Waals surface area contributed by atoms with E-state index in [4.69, 9.17) is 19.4 Å². The lowest BCUT2D eigenvalue weighted by Gasteiger charge is -2.30. The SMILES string of the molecule is c1ccc(-c2nc(-c3ccccc3)nc(-c3ccc4oc5ccc(-c6cccc7c6-c6ccccc6C76c7ccccc7-c7ccccc76)cc5c4c3)n2)cc1. The number of aromatic nitrogens is 3. The van der Waals surface area contributed by atoms with Crippen molar-refractivity contribution >= 4 is 21.9 Å². The Morgan fingerprint density at radius 2 is 0.750 bits per heavy atom. The van der Waals surface area contributed by atoms with Crippen molar-refractivity contribution in [2.75, 3.05) is 0 Å². The summed E-state index contributed by atoms with van der Waals surface area (Å²) < 4.78 is 6.47. The van der Waals surface area contributed by atoms with Crippen LogP contribution in [-0.4, -0.2) is 15.0 Å². The van der Waals surface area contributed by atoms with Gasteiger partial charge in [0.25, 0.3) is 0 Å². The minimum Gasteiger partial charge on any atom is -0.456 e. The molecule has 1 spiro atoms. The molecule has 4 nitrogen and oxygen atoms in total. The zero-order chi connectivity index (χ0) is 36.8. The highest BCUT2D eigenvalue weighted by Gasteiger charge is 2.51. The molecule has 0 amide bonds. The summed E-state index contributed by atoms with van der Waals surface area (Å²) in [5, 5.41) is 2.07. The van der Waals surface area contributed by atoms with Crippen LogP contribution in [0.25, 0.3) is 89.5 Å². The topological polar surface area (TPSA) is 51.8 Å². The molecule has 2 aliphatic carbocycles. The lowest BCUT2D eigenvalue weighted by atomic mass is 9.70. The largest absolute Gasteiger partial charge is 0.456 e. The van der Waals surface area contributed by atoms with E-state index in [0.717, 1.165) is 44.2 Å². The van der Waals surface area contributed by atoms with E-state index in [1.54, 1.807) is 0 Å². The molecule has 2 aromatic heterocycles. The van der Waals surface area contributed by atoms with Crippen LogP contribution in [0.4, 0.5) is 0 Å². The quantitative estimate of drug-likeness (QED) is 0.182. The first-order chi connectivity index (χ1) is 27.8. The van der Waals surface area contributed by atoms with E-state index >= 15 is 0 Å². The highest BCUT2D eigenvalue weighted by Crippen LogP contribution is 2.64. The third-order valence-electron chi connectivity index (χ3n) is 11.8. The average molecular weight is 714 g/mol. The van der Waals surface area contributed by atoms with Gasteiger partial charge in [-0.3, -0.25) is 0 Å². The van der Waals surface area contributed by atoms with Crippen molar-refractivity contribution in [1.82, 2.24) is 15.0 Å². The first-order valence-corrected chi connectivity index (χ1v) is 19.0. The molecule has 0 N–H and O–H groups in total. The molecule has 2 heterocycles. The van der Waals surface area contributed by atoms with E-state index in [2.05, 4.69) is 115 Å². The van der Waals surface area contributed by atoms with Gasteiger partial charge in [0.1, 0.15) is 11.2 Å². The van der Waals surface area contributed by atoms with Crippen molar-refractivity contribution in [3.8, 4) is 67.5 Å². The molecule has 0 atom stereocenters. The van der Waals surface area contributed by atoms with E-state index in [9.17, 15) is 0 Å². The van der Waals surface area contributed by atoms with E-state index in [1.807, 2.05) is 72.8 Å². The second-order valence-corrected chi connectivity index (χ2v) is 14.7. The number of benzene rings is 8. The van der Waals surface area contributed by atoms with Crippen LogP contribution in [0.1, 0.15) is 22.3 Å². The molecule has 56 heavy (non-hydrogen) atoms. The first kappa shape index (κ1) is 31.0. The molecule has 4 heteroatoms. The van der Waals surface area contributed by atoms with E-state index in [0.29, 0.717) is 17.5 Å². The highest BCUT2D eigenvalue weighted by atomic mass is 16.3. The predicted molar refractivity (Wildman–Crippen MR) is 225 cm³/mol. The fourth-order valence-electron chi connectivity index (χ4n) is 9.41. The zero-order valence-electron chi connectivity index (χ0n) is 30.1. The van der Waals surface area contributed by atoms with Crippen LogP contribution < -0.4 is 0 Å². The average Bonchev–Trinajstić information content (AvgIpc) is 3.90. The second-order valence-electron chi connectivity index (χ2n) is 14.7. The zero-order valence-corrected chi connectivity index (χ0v) is 30.1. The van der Waals surface area contributed by atoms with Gasteiger partial charge < -0.3 is 4.42 Å². The fraction of sp³-hybridized carbons (Fsp3) is 0.0192. The maximum absolute atomic E-state index is 6.47. The summed E-state index contributed by atoms with van der Waals surface area (Å²) in [5.41, 5.74) is 16.9. The molecule has 0 saturated carbocycles. The Balaban J connectivity index is 1.05. The number of rotatable bonds is 4. The van der Waals surface area contributed by atoms with Crippen molar-refractivity contribution in [2.45, 2.75) is 5.41 Å². The maximum Gasteiger partial charge on any atom is 0.164 e. The van der Waals surface area contributed by atoms with Crippen molar-refractivity contribution in [2.24, 2.45) is 0 Å². The minimum atomic E-state index is -0.391. The number of furan rings is 1. The van der Waals surface area contributed by atoms with E-state index in [-0.39, 0.29) is 0 Å². The van der Waals surface area contributed by atoms with Gasteiger partial charge in [0.15, 0.2) is 17.5 Å². The minimum absolute atomic E-state index is 0.391. The summed E-state index contributed by atoms with van der Waals surface area (Å²) in [6.45, 7) is 0. The Labute approximate surface area is 323 Å². The van der Waals surface area contributed by atoms with Crippen molar-refractivity contribution in [3.05, 3.63) is 210 Å². The molecule has 12 rings (SSSR count). The van der Waals surface area contributed by atoms with Gasteiger partial charge in [0.2, 0.25) is 0 Å². The monoisotopic (exact) mass is 713 g/mol. The number of fused-ring (bicyclic) bond motifs is 13. The normalized spacial score (nSPS) is 13.1. The van der Waals surface area contributed by atoms with Crippen LogP contribution in [0.2, 0.25) is 0 Å². The molecule has 260 valence electrons. The molecule has 0 aliphatic heterocycles. The van der Waals surface area contributed by atoms with Crippen LogP contribution >= 0.6 is 0 Å². The number of hydrogen-bond acceptors (Lipinski definition) is 4. The second kappa shape index (κ2) is 11.8. The summed E-state index contributed by atoms with van der Waals surface area (Å²) in [5.74, 6) is 1.89. The third kappa shape index (κ3) is 4.32. The van der Waals surface area contributed by atoms with Crippen molar-refractivity contribution in [3.63, 3.8) is 0 Å². The van der Waals surface area contributed by atoms with Gasteiger partial charge >= 0.3 is 0 Å². The smallest absolute Gasteiger partial charge is 0.164 e. The summed E-state index contributed by atoms with van der Waals surface area (Å²) in [7, 11) is 0. The Kier molecular flexibility index (Phi) is 6.52. The lowest BCUT2D eigenvalue weighted by Crippen LogP contribution is -2.25. The van der Waals surface area contributed by atoms with Gasteiger partial charge in [0, 0.05) is 27.5 Å². The molecule has 0 fully saturated rings. The van der Waals surface area contributed by atoms with Gasteiger partial charge in [-0.05, 0) is 86.0 Å². The molecule has 8 aromatic carbocycles. The van der Waals surface area contributed by atoms with Crippen LogP contribution in [0.5, 0.6) is 0 Å². The molecule has 0 radical (unpaired) electrons. The molecule has 0 bridgehead atoms. The third-order valence-corrected chi connectivity index (χ3v) is 11.8. The van der Waals surface area contributed by atoms with Gasteiger partial charge in [-0.25, -0.2) is 15.0 Å². The van der Waals surface area contributed by atoms with E-state index < -0.39 is 5.41 Å². The highest BCUT2D eigenvalue weighted by molar-refractivity contribution is 6.09. The van der Waals surface area contributed by atoms with Crippen LogP contribution in [0, 0.1) is 0 Å². The standard InChI is InChI=1S/C52H31N3O/c1-3-14-32(15-4-1)49-53-50(33-16-5-2-6-17-33)55-51(54-49)35-27-29-47-41(31-35)40-30-34(26-28-46(40)56-47)36-21-13-25-45-48(36)39-20-9-12-24-44(39)52(45)42-22-10-7-18-37(42)38-19-8-11-23-43(38)52/h1-31H. The van der Waals surface area contributed by atoms with Crippen molar-refractivity contribution < 1.29 is 4.42 Å². The molecule has 2 aliphatic rings. The molecule has 0 unspecified atom stereocenters. The van der Waals surface area contributed by atoms with Crippen LogP contribution in [-0.2, 0) is 5.41 Å². The van der Waals surface area contributed by atoms with Gasteiger partial charge in [-0.1, -0.05) is 158 Å². The van der Waals surface area contributed by atoms with E-state index in [1.165, 1.54) is 50.1 Å². The summed E-state index contributed by atoms with van der Waals surface area (Å²) in [6, 6.07) is 66.8. The van der Waals surface area contributed by atoms with Gasteiger partial charge in [-0.15, -0.1) is 0 Å². The molecular weight excluding hydrogens is 683 g/mol. The molecule has 10 aromatic rings. The number of nitrogens with zero attached hydrogens (tertiary/aromatic N) is 3. The Bertz CT molecular complexity index is 3100. The Morgan fingerprint density at radius 3 is 1.34 bits per heavy atom. The Hall–Kier alpha value is -7.43. The summed E-state index contributed by atoms with van der Waals surface area (Å²) in [4.78, 5) is 14.9. The summed E-state index contributed by atoms with van der Waals surface area (Å²) >= 11 is 0. The van der Waals surface area contributed by atoms with Crippen molar-refractivity contribution in [1.29, 1.82) is 0 Å². The number of hydrogen-bond donors (Lipinski definition) is 0. The van der Waals surface area contributed by atoms with Crippen LogP contribution in [0.15, 0.2) is 192 Å². The van der Waals surface area contributed by atoms with Gasteiger partial charge in [0.05, 0.1) is 5.41 Å². The van der Waals surface area contributed by atoms with Gasteiger partial charge in [-0.2, -0.15) is 0 Å². The summed E-state index contributed by atoms with van der Waals surface area (Å²) in [6.07, 6.45) is 0. The fourth-order valence-corrected chi connectivity index (χ4v) is 9.41. The molecule has 0 saturated heterocycles.